The van der Waals surface area contributed by atoms with Crippen LogP contribution in [0.1, 0.15) is 5.69 Å². The fraction of sp³-hybridized carbons (Fsp3) is 0.267. The third-order valence-electron chi connectivity index (χ3n) is 3.17. The lowest BCUT2D eigenvalue weighted by Crippen LogP contribution is -2.26. The van der Waals surface area contributed by atoms with Gasteiger partial charge in [-0.2, -0.15) is 4.31 Å². The molecule has 1 heterocycles. The van der Waals surface area contributed by atoms with E-state index in [2.05, 4.69) is 4.98 Å². The molecule has 0 saturated carbocycles. The van der Waals surface area contributed by atoms with Gasteiger partial charge >= 0.3 is 0 Å². The summed E-state index contributed by atoms with van der Waals surface area (Å²) in [6.07, 6.45) is 1.63. The molecule has 0 atom stereocenters. The van der Waals surface area contributed by atoms with E-state index in [0.29, 0.717) is 17.2 Å². The van der Waals surface area contributed by atoms with Crippen molar-refractivity contribution in [3.8, 4) is 11.5 Å². The van der Waals surface area contributed by atoms with Gasteiger partial charge in [0.15, 0.2) is 11.5 Å². The van der Waals surface area contributed by atoms with Crippen LogP contribution in [0.5, 0.6) is 11.5 Å². The summed E-state index contributed by atoms with van der Waals surface area (Å²) in [5.41, 5.74) is 0.675. The molecule has 0 aliphatic carbocycles. The number of hydrogen-bond acceptors (Lipinski definition) is 5. The van der Waals surface area contributed by atoms with Crippen molar-refractivity contribution >= 4 is 10.0 Å². The molecule has 7 heteroatoms. The van der Waals surface area contributed by atoms with Crippen molar-refractivity contribution in [2.24, 2.45) is 0 Å². The second-order valence-corrected chi connectivity index (χ2v) is 6.64. The van der Waals surface area contributed by atoms with E-state index in [9.17, 15) is 8.42 Å². The van der Waals surface area contributed by atoms with Crippen LogP contribution in [0.2, 0.25) is 0 Å². The predicted molar refractivity (Wildman–Crippen MR) is 82.4 cm³/mol. The Hall–Kier alpha value is -2.12. The summed E-state index contributed by atoms with van der Waals surface area (Å²) in [4.78, 5) is 4.28. The average Bonchev–Trinajstić information content (AvgIpc) is 2.54. The number of rotatable bonds is 6. The second kappa shape index (κ2) is 6.76. The van der Waals surface area contributed by atoms with E-state index in [0.717, 1.165) is 0 Å². The summed E-state index contributed by atoms with van der Waals surface area (Å²) in [5.74, 6) is 0.851. The van der Waals surface area contributed by atoms with E-state index in [1.54, 1.807) is 24.4 Å². The zero-order valence-corrected chi connectivity index (χ0v) is 13.5. The normalized spacial score (nSPS) is 11.5. The molecule has 0 aliphatic rings. The summed E-state index contributed by atoms with van der Waals surface area (Å²) >= 11 is 0. The SMILES string of the molecule is COc1ccc(S(=O)(=O)N(C)Cc2ccccn2)cc1OC. The maximum Gasteiger partial charge on any atom is 0.243 e. The number of methoxy groups -OCH3 is 2. The highest BCUT2D eigenvalue weighted by Gasteiger charge is 2.22. The molecule has 1 aromatic carbocycles. The van der Waals surface area contributed by atoms with E-state index in [4.69, 9.17) is 9.47 Å². The number of nitrogens with zero attached hydrogens (tertiary/aromatic N) is 2. The Morgan fingerprint density at radius 2 is 1.82 bits per heavy atom. The van der Waals surface area contributed by atoms with Gasteiger partial charge in [-0.05, 0) is 24.3 Å². The summed E-state index contributed by atoms with van der Waals surface area (Å²) in [6.45, 7) is 0.192. The van der Waals surface area contributed by atoms with Crippen molar-refractivity contribution in [2.45, 2.75) is 11.4 Å². The fourth-order valence-electron chi connectivity index (χ4n) is 1.96. The largest absolute Gasteiger partial charge is 0.493 e. The molecule has 0 radical (unpaired) electrons. The molecule has 0 N–H and O–H groups in total. The molecule has 2 rings (SSSR count). The number of pyridine rings is 1. The van der Waals surface area contributed by atoms with E-state index in [1.807, 2.05) is 6.07 Å². The van der Waals surface area contributed by atoms with Crippen LogP contribution < -0.4 is 9.47 Å². The molecule has 0 fully saturated rings. The molecule has 0 amide bonds. The number of sulfonamides is 1. The molecule has 0 spiro atoms. The van der Waals surface area contributed by atoms with Crippen LogP contribution >= 0.6 is 0 Å². The number of ether oxygens (including phenoxy) is 2. The van der Waals surface area contributed by atoms with E-state index in [1.165, 1.54) is 37.7 Å². The smallest absolute Gasteiger partial charge is 0.243 e. The first-order valence-electron chi connectivity index (χ1n) is 6.57. The minimum absolute atomic E-state index is 0.142. The average molecular weight is 322 g/mol. The maximum atomic E-state index is 12.6. The van der Waals surface area contributed by atoms with Crippen LogP contribution in [-0.4, -0.2) is 39.0 Å². The number of benzene rings is 1. The zero-order chi connectivity index (χ0) is 16.2. The molecule has 1 aromatic heterocycles. The van der Waals surface area contributed by atoms with Crippen LogP contribution in [0.3, 0.4) is 0 Å². The zero-order valence-electron chi connectivity index (χ0n) is 12.7. The lowest BCUT2D eigenvalue weighted by molar-refractivity contribution is 0.353. The van der Waals surface area contributed by atoms with Gasteiger partial charge in [0.05, 0.1) is 31.4 Å². The fourth-order valence-corrected chi connectivity index (χ4v) is 3.12. The van der Waals surface area contributed by atoms with Crippen molar-refractivity contribution < 1.29 is 17.9 Å². The van der Waals surface area contributed by atoms with Crippen LogP contribution in [0.15, 0.2) is 47.5 Å². The van der Waals surface area contributed by atoms with Crippen molar-refractivity contribution in [3.63, 3.8) is 0 Å². The third kappa shape index (κ3) is 3.37. The Balaban J connectivity index is 2.29. The van der Waals surface area contributed by atoms with Crippen LogP contribution in [-0.2, 0) is 16.6 Å². The quantitative estimate of drug-likeness (QED) is 0.813. The Kier molecular flexibility index (Phi) is 4.99. The van der Waals surface area contributed by atoms with Crippen LogP contribution in [0, 0.1) is 0 Å². The van der Waals surface area contributed by atoms with Crippen molar-refractivity contribution in [2.75, 3.05) is 21.3 Å². The topological polar surface area (TPSA) is 68.7 Å². The van der Waals surface area contributed by atoms with Gasteiger partial charge in [-0.25, -0.2) is 8.42 Å². The Morgan fingerprint density at radius 3 is 2.41 bits per heavy atom. The summed E-state index contributed by atoms with van der Waals surface area (Å²) in [7, 11) is 0.841. The molecule has 0 bridgehead atoms. The lowest BCUT2D eigenvalue weighted by Gasteiger charge is -2.18. The molecule has 0 saturated heterocycles. The predicted octanol–water partition coefficient (Wildman–Crippen LogP) is 1.92. The minimum Gasteiger partial charge on any atom is -0.493 e. The summed E-state index contributed by atoms with van der Waals surface area (Å²) in [5, 5.41) is 0. The molecule has 118 valence electrons. The van der Waals surface area contributed by atoms with Gasteiger partial charge in [-0.1, -0.05) is 6.07 Å². The van der Waals surface area contributed by atoms with E-state index >= 15 is 0 Å². The van der Waals surface area contributed by atoms with Gasteiger partial charge in [0.25, 0.3) is 0 Å². The van der Waals surface area contributed by atoms with E-state index in [-0.39, 0.29) is 11.4 Å². The van der Waals surface area contributed by atoms with Crippen LogP contribution in [0.4, 0.5) is 0 Å². The first-order valence-corrected chi connectivity index (χ1v) is 8.01. The Bertz CT molecular complexity index is 732. The van der Waals surface area contributed by atoms with Gasteiger partial charge < -0.3 is 9.47 Å². The van der Waals surface area contributed by atoms with Gasteiger partial charge in [0.1, 0.15) is 0 Å². The van der Waals surface area contributed by atoms with E-state index < -0.39 is 10.0 Å². The van der Waals surface area contributed by atoms with Crippen molar-refractivity contribution in [3.05, 3.63) is 48.3 Å². The highest BCUT2D eigenvalue weighted by Crippen LogP contribution is 2.30. The highest BCUT2D eigenvalue weighted by atomic mass is 32.2. The molecule has 6 nitrogen and oxygen atoms in total. The summed E-state index contributed by atoms with van der Waals surface area (Å²) < 4.78 is 36.7. The van der Waals surface area contributed by atoms with Crippen molar-refractivity contribution in [1.29, 1.82) is 0 Å². The van der Waals surface area contributed by atoms with Gasteiger partial charge in [0.2, 0.25) is 10.0 Å². The second-order valence-electron chi connectivity index (χ2n) is 4.60. The van der Waals surface area contributed by atoms with Gasteiger partial charge in [-0.3, -0.25) is 4.98 Å². The Labute approximate surface area is 130 Å². The molecule has 0 unspecified atom stereocenters. The highest BCUT2D eigenvalue weighted by molar-refractivity contribution is 7.89. The molecule has 2 aromatic rings. The third-order valence-corrected chi connectivity index (χ3v) is 4.97. The Morgan fingerprint density at radius 1 is 1.09 bits per heavy atom. The molecular weight excluding hydrogens is 304 g/mol. The molecule has 22 heavy (non-hydrogen) atoms. The lowest BCUT2D eigenvalue weighted by atomic mass is 10.3. The molecular formula is C15H18N2O4S. The first kappa shape index (κ1) is 16.3. The maximum absolute atomic E-state index is 12.6. The number of aromatic nitrogens is 1. The molecule has 0 aliphatic heterocycles. The summed E-state index contributed by atoms with van der Waals surface area (Å²) in [6, 6.07) is 9.89. The monoisotopic (exact) mass is 322 g/mol. The van der Waals surface area contributed by atoms with Gasteiger partial charge in [0, 0.05) is 19.3 Å². The van der Waals surface area contributed by atoms with Crippen molar-refractivity contribution in [1.82, 2.24) is 9.29 Å². The minimum atomic E-state index is -3.64. The number of hydrogen-bond donors (Lipinski definition) is 0. The van der Waals surface area contributed by atoms with Crippen LogP contribution in [0.25, 0.3) is 0 Å². The standard InChI is InChI=1S/C15H18N2O4S/c1-17(11-12-6-4-5-9-16-12)22(18,19)13-7-8-14(20-2)15(10-13)21-3/h4-10H,11H2,1-3H3. The first-order chi connectivity index (χ1) is 10.5. The van der Waals surface area contributed by atoms with Gasteiger partial charge in [-0.15, -0.1) is 0 Å².